The number of aromatic nitrogens is 2. The Morgan fingerprint density at radius 1 is 1.53 bits per heavy atom. The van der Waals surface area contributed by atoms with E-state index < -0.39 is 0 Å². The van der Waals surface area contributed by atoms with Gasteiger partial charge in [-0.15, -0.1) is 0 Å². The third-order valence-electron chi connectivity index (χ3n) is 2.69. The molecule has 0 fully saturated rings. The van der Waals surface area contributed by atoms with Crippen molar-refractivity contribution in [1.29, 1.82) is 0 Å². The van der Waals surface area contributed by atoms with Crippen molar-refractivity contribution >= 4 is 32.9 Å². The van der Waals surface area contributed by atoms with Crippen LogP contribution in [-0.4, -0.2) is 23.3 Å². The number of hydrogen-bond acceptors (Lipinski definition) is 3. The predicted molar refractivity (Wildman–Crippen MR) is 72.9 cm³/mol. The summed E-state index contributed by atoms with van der Waals surface area (Å²) in [7, 11) is 1.71. The molecule has 1 aromatic heterocycles. The summed E-state index contributed by atoms with van der Waals surface area (Å²) in [6, 6.07) is 5.98. The van der Waals surface area contributed by atoms with Crippen LogP contribution in [0.4, 0.5) is 5.95 Å². The summed E-state index contributed by atoms with van der Waals surface area (Å²) in [6.45, 7) is 3.66. The van der Waals surface area contributed by atoms with Crippen molar-refractivity contribution in [2.75, 3.05) is 19.5 Å². The minimum Gasteiger partial charge on any atom is -0.384 e. The zero-order valence-corrected chi connectivity index (χ0v) is 11.6. The molecule has 2 N–H and O–H groups in total. The van der Waals surface area contributed by atoms with Gasteiger partial charge >= 0.3 is 0 Å². The number of imidazole rings is 1. The smallest absolute Gasteiger partial charge is 0.201 e. The highest BCUT2D eigenvalue weighted by Crippen LogP contribution is 2.23. The molecule has 1 unspecified atom stereocenters. The normalized spacial score (nSPS) is 13.1. The van der Waals surface area contributed by atoms with E-state index in [0.717, 1.165) is 22.1 Å². The molecule has 0 aliphatic rings. The van der Waals surface area contributed by atoms with E-state index in [1.54, 1.807) is 7.11 Å². The van der Waals surface area contributed by atoms with Crippen LogP contribution in [0.2, 0.25) is 0 Å². The molecular formula is C12H16BrN3O. The molecule has 0 aliphatic carbocycles. The highest BCUT2D eigenvalue weighted by atomic mass is 79.9. The van der Waals surface area contributed by atoms with E-state index in [1.807, 2.05) is 22.8 Å². The summed E-state index contributed by atoms with van der Waals surface area (Å²) in [6.07, 6.45) is 0. The second kappa shape index (κ2) is 5.06. The largest absolute Gasteiger partial charge is 0.384 e. The van der Waals surface area contributed by atoms with Gasteiger partial charge in [0.2, 0.25) is 5.95 Å². The maximum atomic E-state index is 5.94. The molecule has 0 amide bonds. The summed E-state index contributed by atoms with van der Waals surface area (Å²) in [4.78, 5) is 4.35. The Kier molecular flexibility index (Phi) is 3.69. The number of halogens is 1. The molecule has 0 aliphatic heterocycles. The lowest BCUT2D eigenvalue weighted by Crippen LogP contribution is -2.14. The molecule has 5 heteroatoms. The average Bonchev–Trinajstić information content (AvgIpc) is 2.56. The van der Waals surface area contributed by atoms with Crippen LogP contribution in [0.1, 0.15) is 6.92 Å². The fourth-order valence-electron chi connectivity index (χ4n) is 1.96. The van der Waals surface area contributed by atoms with E-state index in [4.69, 9.17) is 10.5 Å². The van der Waals surface area contributed by atoms with Gasteiger partial charge in [-0.25, -0.2) is 4.98 Å². The molecule has 0 saturated carbocycles. The van der Waals surface area contributed by atoms with Gasteiger partial charge in [-0.05, 0) is 24.1 Å². The Morgan fingerprint density at radius 2 is 2.29 bits per heavy atom. The van der Waals surface area contributed by atoms with Gasteiger partial charge < -0.3 is 15.0 Å². The first-order valence-corrected chi connectivity index (χ1v) is 6.31. The van der Waals surface area contributed by atoms with Crippen molar-refractivity contribution in [3.8, 4) is 0 Å². The van der Waals surface area contributed by atoms with Crippen LogP contribution in [0.5, 0.6) is 0 Å². The molecule has 4 nitrogen and oxygen atoms in total. The van der Waals surface area contributed by atoms with E-state index in [0.29, 0.717) is 18.5 Å². The van der Waals surface area contributed by atoms with E-state index in [1.165, 1.54) is 0 Å². The first-order chi connectivity index (χ1) is 8.11. The summed E-state index contributed by atoms with van der Waals surface area (Å²) in [5.41, 5.74) is 7.93. The van der Waals surface area contributed by atoms with Gasteiger partial charge in [0.15, 0.2) is 0 Å². The first-order valence-electron chi connectivity index (χ1n) is 5.52. The zero-order valence-electron chi connectivity index (χ0n) is 9.98. The van der Waals surface area contributed by atoms with Gasteiger partial charge in [-0.2, -0.15) is 0 Å². The maximum Gasteiger partial charge on any atom is 0.201 e. The van der Waals surface area contributed by atoms with Crippen LogP contribution >= 0.6 is 15.9 Å². The summed E-state index contributed by atoms with van der Waals surface area (Å²) < 4.78 is 8.21. The number of methoxy groups -OCH3 is 1. The zero-order chi connectivity index (χ0) is 12.4. The van der Waals surface area contributed by atoms with Gasteiger partial charge in [0.1, 0.15) is 0 Å². The minimum atomic E-state index is 0.402. The number of rotatable bonds is 4. The van der Waals surface area contributed by atoms with Gasteiger partial charge in [0.05, 0.1) is 17.6 Å². The fourth-order valence-corrected chi connectivity index (χ4v) is 2.30. The molecule has 0 radical (unpaired) electrons. The van der Waals surface area contributed by atoms with Gasteiger partial charge in [-0.3, -0.25) is 0 Å². The second-order valence-corrected chi connectivity index (χ2v) is 5.19. The van der Waals surface area contributed by atoms with Crippen LogP contribution < -0.4 is 5.73 Å². The number of ether oxygens (including phenoxy) is 1. The monoisotopic (exact) mass is 297 g/mol. The van der Waals surface area contributed by atoms with Gasteiger partial charge in [-0.1, -0.05) is 22.9 Å². The molecule has 0 saturated heterocycles. The molecule has 0 spiro atoms. The number of nitrogen functional groups attached to an aromatic ring is 1. The Balaban J connectivity index is 2.38. The molecule has 2 rings (SSSR count). The van der Waals surface area contributed by atoms with Crippen LogP contribution in [-0.2, 0) is 11.3 Å². The number of fused-ring (bicyclic) bond motifs is 1. The minimum absolute atomic E-state index is 0.402. The third-order valence-corrected chi connectivity index (χ3v) is 3.18. The van der Waals surface area contributed by atoms with E-state index >= 15 is 0 Å². The lowest BCUT2D eigenvalue weighted by molar-refractivity contribution is 0.152. The van der Waals surface area contributed by atoms with E-state index in [9.17, 15) is 0 Å². The molecule has 1 heterocycles. The van der Waals surface area contributed by atoms with Crippen molar-refractivity contribution < 1.29 is 4.74 Å². The molecule has 92 valence electrons. The van der Waals surface area contributed by atoms with Crippen LogP contribution in [0.15, 0.2) is 22.7 Å². The number of hydrogen-bond donors (Lipinski definition) is 1. The molecule has 1 atom stereocenters. The number of nitrogens with two attached hydrogens (primary N) is 1. The summed E-state index contributed by atoms with van der Waals surface area (Å²) >= 11 is 3.47. The van der Waals surface area contributed by atoms with Gasteiger partial charge in [0, 0.05) is 18.1 Å². The van der Waals surface area contributed by atoms with Crippen molar-refractivity contribution in [2.24, 2.45) is 5.92 Å². The quantitative estimate of drug-likeness (QED) is 0.944. The third kappa shape index (κ3) is 2.61. The van der Waals surface area contributed by atoms with Crippen molar-refractivity contribution in [3.63, 3.8) is 0 Å². The Hall–Kier alpha value is -1.07. The van der Waals surface area contributed by atoms with Crippen molar-refractivity contribution in [1.82, 2.24) is 9.55 Å². The van der Waals surface area contributed by atoms with Crippen LogP contribution in [0.3, 0.4) is 0 Å². The first kappa shape index (κ1) is 12.4. The Labute approximate surface area is 109 Å². The maximum absolute atomic E-state index is 5.94. The van der Waals surface area contributed by atoms with Crippen LogP contribution in [0.25, 0.3) is 11.0 Å². The van der Waals surface area contributed by atoms with E-state index in [2.05, 4.69) is 27.8 Å². The average molecular weight is 298 g/mol. The number of anilines is 1. The van der Waals surface area contributed by atoms with Gasteiger partial charge in [0.25, 0.3) is 0 Å². The lowest BCUT2D eigenvalue weighted by atomic mass is 10.2. The topological polar surface area (TPSA) is 53.1 Å². The predicted octanol–water partition coefficient (Wildman–Crippen LogP) is 2.66. The molecule has 2 aromatic rings. The summed E-state index contributed by atoms with van der Waals surface area (Å²) in [5, 5.41) is 0. The number of benzene rings is 1. The van der Waals surface area contributed by atoms with Crippen molar-refractivity contribution in [2.45, 2.75) is 13.5 Å². The highest BCUT2D eigenvalue weighted by Gasteiger charge is 2.11. The lowest BCUT2D eigenvalue weighted by Gasteiger charge is -2.13. The SMILES string of the molecule is COCC(C)Cn1c(N)nc2ccc(Br)cc21. The molecule has 1 aromatic carbocycles. The molecular weight excluding hydrogens is 282 g/mol. The fraction of sp³-hybridized carbons (Fsp3) is 0.417. The van der Waals surface area contributed by atoms with Crippen molar-refractivity contribution in [3.05, 3.63) is 22.7 Å². The molecule has 17 heavy (non-hydrogen) atoms. The second-order valence-electron chi connectivity index (χ2n) is 4.27. The Morgan fingerprint density at radius 3 is 3.00 bits per heavy atom. The van der Waals surface area contributed by atoms with Crippen LogP contribution in [0, 0.1) is 5.92 Å². The molecule has 0 bridgehead atoms. The Bertz CT molecular complexity index is 524. The highest BCUT2D eigenvalue weighted by molar-refractivity contribution is 9.10. The summed E-state index contributed by atoms with van der Waals surface area (Å²) in [5.74, 6) is 0.958. The standard InChI is InChI=1S/C12H16BrN3O/c1-8(7-17-2)6-16-11-5-9(13)3-4-10(11)15-12(16)14/h3-5,8H,6-7H2,1-2H3,(H2,14,15). The number of nitrogens with zero attached hydrogens (tertiary/aromatic N) is 2. The van der Waals surface area contributed by atoms with E-state index in [-0.39, 0.29) is 0 Å².